The third kappa shape index (κ3) is 2.92. The molecule has 0 aromatic carbocycles. The van der Waals surface area contributed by atoms with Crippen LogP contribution in [0.2, 0.25) is 0 Å². The number of nitrogens with two attached hydrogens (primary N) is 1. The molecule has 0 radical (unpaired) electrons. The second-order valence-electron chi connectivity index (χ2n) is 6.07. The highest BCUT2D eigenvalue weighted by Crippen LogP contribution is 2.23. The molecule has 0 amide bonds. The van der Waals surface area contributed by atoms with Gasteiger partial charge in [0.1, 0.15) is 6.17 Å². The lowest BCUT2D eigenvalue weighted by Gasteiger charge is -2.45. The minimum atomic E-state index is -0.825. The molecule has 3 heterocycles. The van der Waals surface area contributed by atoms with Crippen molar-refractivity contribution < 1.29 is 4.39 Å². The van der Waals surface area contributed by atoms with Gasteiger partial charge in [-0.3, -0.25) is 9.80 Å². The Hall–Kier alpha value is -0.270. The number of rotatable bonds is 2. The van der Waals surface area contributed by atoms with E-state index in [-0.39, 0.29) is 12.1 Å². The fourth-order valence-corrected chi connectivity index (χ4v) is 3.78. The van der Waals surface area contributed by atoms with Crippen LogP contribution in [-0.4, -0.2) is 80.0 Å². The molecule has 0 bridgehead atoms. The molecule has 6 heteroatoms. The molecule has 5 nitrogen and oxygen atoms in total. The Labute approximate surface area is 114 Å². The molecule has 0 aromatic heterocycles. The summed E-state index contributed by atoms with van der Waals surface area (Å²) in [5, 5.41) is 6.45. The van der Waals surface area contributed by atoms with Crippen molar-refractivity contribution in [3.63, 3.8) is 0 Å². The van der Waals surface area contributed by atoms with Crippen molar-refractivity contribution in [2.24, 2.45) is 5.73 Å². The van der Waals surface area contributed by atoms with E-state index in [1.54, 1.807) is 0 Å². The summed E-state index contributed by atoms with van der Waals surface area (Å²) in [5.41, 5.74) is 6.09. The number of nitrogens with one attached hydrogen (secondary N) is 2. The van der Waals surface area contributed by atoms with Gasteiger partial charge in [-0.25, -0.2) is 4.39 Å². The molecule has 110 valence electrons. The molecule has 3 rings (SSSR count). The van der Waals surface area contributed by atoms with Crippen molar-refractivity contribution in [3.8, 4) is 0 Å². The predicted octanol–water partition coefficient (Wildman–Crippen LogP) is -1.05. The van der Waals surface area contributed by atoms with Crippen LogP contribution in [0.25, 0.3) is 0 Å². The highest BCUT2D eigenvalue weighted by atomic mass is 19.1. The van der Waals surface area contributed by atoms with Crippen LogP contribution < -0.4 is 16.4 Å². The van der Waals surface area contributed by atoms with Crippen molar-refractivity contribution in [1.29, 1.82) is 0 Å². The first-order valence-corrected chi connectivity index (χ1v) is 7.55. The molecule has 3 aliphatic heterocycles. The lowest BCUT2D eigenvalue weighted by atomic mass is 9.94. The Morgan fingerprint density at radius 2 is 1.79 bits per heavy atom. The smallest absolute Gasteiger partial charge is 0.129 e. The average molecular weight is 271 g/mol. The maximum absolute atomic E-state index is 14.1. The highest BCUT2D eigenvalue weighted by Gasteiger charge is 2.38. The molecular weight excluding hydrogens is 245 g/mol. The van der Waals surface area contributed by atoms with E-state index in [0.29, 0.717) is 12.6 Å². The summed E-state index contributed by atoms with van der Waals surface area (Å²) >= 11 is 0. The van der Waals surface area contributed by atoms with E-state index >= 15 is 0 Å². The lowest BCUT2D eigenvalue weighted by molar-refractivity contribution is 0.0329. The van der Waals surface area contributed by atoms with Crippen molar-refractivity contribution >= 4 is 0 Å². The summed E-state index contributed by atoms with van der Waals surface area (Å²) in [6.45, 7) is 6.44. The maximum atomic E-state index is 14.1. The first-order chi connectivity index (χ1) is 9.25. The van der Waals surface area contributed by atoms with Crippen LogP contribution in [0.1, 0.15) is 12.8 Å². The molecule has 3 saturated heterocycles. The van der Waals surface area contributed by atoms with E-state index in [0.717, 1.165) is 52.2 Å². The Kier molecular flexibility index (Phi) is 4.34. The quantitative estimate of drug-likeness (QED) is 0.598. The van der Waals surface area contributed by atoms with Gasteiger partial charge in [-0.15, -0.1) is 0 Å². The lowest BCUT2D eigenvalue weighted by Crippen LogP contribution is -2.64. The molecule has 3 fully saturated rings. The first kappa shape index (κ1) is 13.7. The predicted molar refractivity (Wildman–Crippen MR) is 73.7 cm³/mol. The number of hydrogen-bond acceptors (Lipinski definition) is 5. The van der Waals surface area contributed by atoms with Crippen LogP contribution in [0.15, 0.2) is 0 Å². The highest BCUT2D eigenvalue weighted by molar-refractivity contribution is 4.96. The monoisotopic (exact) mass is 271 g/mol. The van der Waals surface area contributed by atoms with E-state index in [9.17, 15) is 4.39 Å². The Morgan fingerprint density at radius 3 is 2.42 bits per heavy atom. The molecule has 3 unspecified atom stereocenters. The van der Waals surface area contributed by atoms with Crippen LogP contribution in [0.4, 0.5) is 4.39 Å². The fraction of sp³-hybridized carbons (Fsp3) is 1.00. The standard InChI is InChI=1S/C13H26FN5/c14-11-7-17-8-12(15)13(11)18-4-1-10(2-5-18)19-6-3-16-9-19/h10-13,16-17H,1-9,15H2. The molecule has 4 N–H and O–H groups in total. The van der Waals surface area contributed by atoms with E-state index in [2.05, 4.69) is 20.4 Å². The summed E-state index contributed by atoms with van der Waals surface area (Å²) in [5.74, 6) is 0. The number of piperidine rings is 2. The number of nitrogens with zero attached hydrogens (tertiary/aromatic N) is 2. The van der Waals surface area contributed by atoms with Crippen LogP contribution in [0, 0.1) is 0 Å². The molecule has 0 aliphatic carbocycles. The summed E-state index contributed by atoms with van der Waals surface area (Å²) in [6, 6.07) is 0.509. The maximum Gasteiger partial charge on any atom is 0.129 e. The van der Waals surface area contributed by atoms with Gasteiger partial charge < -0.3 is 16.4 Å². The average Bonchev–Trinajstić information content (AvgIpc) is 2.93. The summed E-state index contributed by atoms with van der Waals surface area (Å²) < 4.78 is 14.1. The van der Waals surface area contributed by atoms with Crippen molar-refractivity contribution in [2.75, 3.05) is 45.9 Å². The second kappa shape index (κ2) is 6.01. The van der Waals surface area contributed by atoms with Gasteiger partial charge >= 0.3 is 0 Å². The number of likely N-dealkylation sites (tertiary alicyclic amines) is 1. The number of alkyl halides is 1. The zero-order chi connectivity index (χ0) is 13.2. The zero-order valence-electron chi connectivity index (χ0n) is 11.5. The molecular formula is C13H26FN5. The minimum absolute atomic E-state index is 0.0752. The Bertz CT molecular complexity index is 279. The van der Waals surface area contributed by atoms with Crippen molar-refractivity contribution in [2.45, 2.75) is 37.1 Å². The largest absolute Gasteiger partial charge is 0.325 e. The molecule has 3 aliphatic rings. The van der Waals surface area contributed by atoms with Crippen molar-refractivity contribution in [3.05, 3.63) is 0 Å². The summed E-state index contributed by atoms with van der Waals surface area (Å²) in [7, 11) is 0. The fourth-order valence-electron chi connectivity index (χ4n) is 3.78. The van der Waals surface area contributed by atoms with Gasteiger partial charge in [0.05, 0.1) is 6.04 Å². The third-order valence-corrected chi connectivity index (χ3v) is 4.86. The molecule has 0 spiro atoms. The van der Waals surface area contributed by atoms with Gasteiger partial charge in [0.2, 0.25) is 0 Å². The number of halogens is 1. The second-order valence-corrected chi connectivity index (χ2v) is 6.07. The van der Waals surface area contributed by atoms with Crippen LogP contribution in [0.3, 0.4) is 0 Å². The van der Waals surface area contributed by atoms with Gasteiger partial charge in [0.15, 0.2) is 0 Å². The molecule has 3 atom stereocenters. The molecule has 0 aromatic rings. The van der Waals surface area contributed by atoms with Crippen LogP contribution in [0.5, 0.6) is 0 Å². The van der Waals surface area contributed by atoms with E-state index in [1.165, 1.54) is 0 Å². The van der Waals surface area contributed by atoms with Gasteiger partial charge in [-0.05, 0) is 12.8 Å². The van der Waals surface area contributed by atoms with E-state index in [1.807, 2.05) is 0 Å². The molecule has 0 saturated carbocycles. The summed E-state index contributed by atoms with van der Waals surface area (Å²) in [6.07, 6.45) is 1.46. The zero-order valence-corrected chi connectivity index (χ0v) is 11.5. The Morgan fingerprint density at radius 1 is 1.00 bits per heavy atom. The van der Waals surface area contributed by atoms with Gasteiger partial charge in [0.25, 0.3) is 0 Å². The Balaban J connectivity index is 1.54. The van der Waals surface area contributed by atoms with Crippen molar-refractivity contribution in [1.82, 2.24) is 20.4 Å². The van der Waals surface area contributed by atoms with Gasteiger partial charge in [-0.2, -0.15) is 0 Å². The topological polar surface area (TPSA) is 56.6 Å². The SMILES string of the molecule is NC1CNCC(F)C1N1CCC(N2CCNC2)CC1. The normalized spacial score (nSPS) is 39.8. The van der Waals surface area contributed by atoms with Crippen LogP contribution in [-0.2, 0) is 0 Å². The van der Waals surface area contributed by atoms with Gasteiger partial charge in [-0.1, -0.05) is 0 Å². The first-order valence-electron chi connectivity index (χ1n) is 7.55. The van der Waals surface area contributed by atoms with E-state index in [4.69, 9.17) is 5.73 Å². The van der Waals surface area contributed by atoms with Crippen LogP contribution >= 0.6 is 0 Å². The summed E-state index contributed by atoms with van der Waals surface area (Å²) in [4.78, 5) is 4.81. The van der Waals surface area contributed by atoms with Gasteiger partial charge in [0, 0.05) is 58.0 Å². The number of hydrogen-bond donors (Lipinski definition) is 3. The minimum Gasteiger partial charge on any atom is -0.325 e. The third-order valence-electron chi connectivity index (χ3n) is 4.86. The van der Waals surface area contributed by atoms with E-state index < -0.39 is 6.17 Å². The molecule has 19 heavy (non-hydrogen) atoms.